The van der Waals surface area contributed by atoms with Gasteiger partial charge in [0.15, 0.2) is 5.13 Å². The van der Waals surface area contributed by atoms with Crippen LogP contribution in [0, 0.1) is 0 Å². The van der Waals surface area contributed by atoms with Crippen LogP contribution in [-0.2, 0) is 20.9 Å². The van der Waals surface area contributed by atoms with E-state index in [-0.39, 0.29) is 25.0 Å². The molecule has 142 valence electrons. The summed E-state index contributed by atoms with van der Waals surface area (Å²) in [4.78, 5) is 35.3. The molecular formula is C20H18N4O3S. The largest absolute Gasteiger partial charge is 0.369 e. The second-order valence-corrected chi connectivity index (χ2v) is 7.17. The Balaban J connectivity index is 1.48. The standard InChI is InChI=1S/C20H18N4O3S/c25-18-12-27-11-17(24(18)10-14-5-2-1-3-6-14)19(26)23-20-22-16(13-28-20)15-7-4-8-21-9-15/h1-9,13,17H,10-12H2,(H,22,23,26). The van der Waals surface area contributed by atoms with Gasteiger partial charge in [0.25, 0.3) is 5.91 Å². The highest BCUT2D eigenvalue weighted by Gasteiger charge is 2.34. The normalized spacial score (nSPS) is 16.8. The number of rotatable bonds is 5. The number of aromatic nitrogens is 2. The van der Waals surface area contributed by atoms with Crippen LogP contribution >= 0.6 is 11.3 Å². The SMILES string of the molecule is O=C(Nc1nc(-c2cccnc2)cs1)C1COCC(=O)N1Cc1ccccc1. The first-order chi connectivity index (χ1) is 13.7. The van der Waals surface area contributed by atoms with Crippen molar-refractivity contribution in [2.45, 2.75) is 12.6 Å². The van der Waals surface area contributed by atoms with Gasteiger partial charge in [-0.25, -0.2) is 4.98 Å². The van der Waals surface area contributed by atoms with Crippen LogP contribution in [0.15, 0.2) is 60.2 Å². The van der Waals surface area contributed by atoms with Gasteiger partial charge < -0.3 is 15.0 Å². The van der Waals surface area contributed by atoms with E-state index in [1.165, 1.54) is 11.3 Å². The molecule has 7 nitrogen and oxygen atoms in total. The van der Waals surface area contributed by atoms with E-state index in [1.54, 1.807) is 17.3 Å². The van der Waals surface area contributed by atoms with Gasteiger partial charge >= 0.3 is 0 Å². The summed E-state index contributed by atoms with van der Waals surface area (Å²) in [5.41, 5.74) is 2.58. The number of ether oxygens (including phenoxy) is 1. The second-order valence-electron chi connectivity index (χ2n) is 6.31. The molecule has 4 rings (SSSR count). The molecule has 0 bridgehead atoms. The summed E-state index contributed by atoms with van der Waals surface area (Å²) in [6.07, 6.45) is 3.41. The number of morpholine rings is 1. The summed E-state index contributed by atoms with van der Waals surface area (Å²) in [6.45, 7) is 0.504. The van der Waals surface area contributed by atoms with Crippen molar-refractivity contribution in [1.82, 2.24) is 14.9 Å². The predicted octanol–water partition coefficient (Wildman–Crippen LogP) is 2.57. The molecule has 1 aliphatic rings. The van der Waals surface area contributed by atoms with E-state index in [0.29, 0.717) is 11.7 Å². The average Bonchev–Trinajstić information content (AvgIpc) is 3.19. The summed E-state index contributed by atoms with van der Waals surface area (Å²) in [5.74, 6) is -0.512. The molecule has 0 saturated carbocycles. The van der Waals surface area contributed by atoms with Crippen molar-refractivity contribution in [1.29, 1.82) is 0 Å². The number of thiazole rings is 1. The van der Waals surface area contributed by atoms with Gasteiger partial charge in [-0.3, -0.25) is 14.6 Å². The topological polar surface area (TPSA) is 84.4 Å². The smallest absolute Gasteiger partial charge is 0.251 e. The number of amides is 2. The van der Waals surface area contributed by atoms with Crippen LogP contribution in [0.2, 0.25) is 0 Å². The number of benzene rings is 1. The Labute approximate surface area is 166 Å². The maximum Gasteiger partial charge on any atom is 0.251 e. The van der Waals surface area contributed by atoms with Crippen molar-refractivity contribution in [3.8, 4) is 11.3 Å². The van der Waals surface area contributed by atoms with Gasteiger partial charge in [-0.2, -0.15) is 0 Å². The van der Waals surface area contributed by atoms with E-state index in [9.17, 15) is 9.59 Å². The molecule has 2 amide bonds. The van der Waals surface area contributed by atoms with E-state index < -0.39 is 6.04 Å². The van der Waals surface area contributed by atoms with Gasteiger partial charge in [-0.15, -0.1) is 11.3 Å². The van der Waals surface area contributed by atoms with Gasteiger partial charge in [0, 0.05) is 29.9 Å². The van der Waals surface area contributed by atoms with Crippen LogP contribution in [0.3, 0.4) is 0 Å². The number of hydrogen-bond acceptors (Lipinski definition) is 6. The predicted molar refractivity (Wildman–Crippen MR) is 106 cm³/mol. The minimum absolute atomic E-state index is 0.0149. The lowest BCUT2D eigenvalue weighted by atomic mass is 10.1. The molecule has 1 aliphatic heterocycles. The summed E-state index contributed by atoms with van der Waals surface area (Å²) >= 11 is 1.33. The van der Waals surface area contributed by atoms with Crippen LogP contribution < -0.4 is 5.32 Å². The fraction of sp³-hybridized carbons (Fsp3) is 0.200. The molecule has 1 aromatic carbocycles. The number of pyridine rings is 1. The van der Waals surface area contributed by atoms with E-state index in [0.717, 1.165) is 16.8 Å². The lowest BCUT2D eigenvalue weighted by Gasteiger charge is -2.34. The maximum absolute atomic E-state index is 12.8. The molecule has 0 spiro atoms. The minimum atomic E-state index is -0.702. The minimum Gasteiger partial charge on any atom is -0.369 e. The van der Waals surface area contributed by atoms with Gasteiger partial charge in [-0.1, -0.05) is 30.3 Å². The number of carbonyl (C=O) groups excluding carboxylic acids is 2. The quantitative estimate of drug-likeness (QED) is 0.719. The van der Waals surface area contributed by atoms with E-state index in [4.69, 9.17) is 4.74 Å². The van der Waals surface area contributed by atoms with Crippen molar-refractivity contribution in [2.75, 3.05) is 18.5 Å². The number of hydrogen-bond donors (Lipinski definition) is 1. The third-order valence-corrected chi connectivity index (χ3v) is 5.15. The molecule has 0 aliphatic carbocycles. The van der Waals surface area contributed by atoms with Gasteiger partial charge in [0.05, 0.1) is 12.3 Å². The molecule has 0 radical (unpaired) electrons. The monoisotopic (exact) mass is 394 g/mol. The first-order valence-corrected chi connectivity index (χ1v) is 9.66. The molecule has 1 saturated heterocycles. The zero-order chi connectivity index (χ0) is 19.3. The van der Waals surface area contributed by atoms with Crippen LogP contribution in [-0.4, -0.2) is 45.9 Å². The molecule has 2 aromatic heterocycles. The second kappa shape index (κ2) is 8.28. The number of nitrogens with one attached hydrogen (secondary N) is 1. The average molecular weight is 394 g/mol. The number of carbonyl (C=O) groups is 2. The van der Waals surface area contributed by atoms with Crippen LogP contribution in [0.1, 0.15) is 5.56 Å². The lowest BCUT2D eigenvalue weighted by molar-refractivity contribution is -0.154. The zero-order valence-corrected chi connectivity index (χ0v) is 15.8. The van der Waals surface area contributed by atoms with Crippen LogP contribution in [0.5, 0.6) is 0 Å². The Morgan fingerprint density at radius 2 is 2.11 bits per heavy atom. The third kappa shape index (κ3) is 4.08. The van der Waals surface area contributed by atoms with Crippen molar-refractivity contribution in [3.05, 3.63) is 65.8 Å². The summed E-state index contributed by atoms with van der Waals surface area (Å²) in [6, 6.07) is 12.6. The maximum atomic E-state index is 12.8. The first-order valence-electron chi connectivity index (χ1n) is 8.78. The highest BCUT2D eigenvalue weighted by molar-refractivity contribution is 7.14. The Kier molecular flexibility index (Phi) is 5.41. The van der Waals surface area contributed by atoms with Gasteiger partial charge in [-0.05, 0) is 17.7 Å². The Bertz CT molecular complexity index is 962. The van der Waals surface area contributed by atoms with Crippen molar-refractivity contribution in [3.63, 3.8) is 0 Å². The fourth-order valence-electron chi connectivity index (χ4n) is 2.97. The van der Waals surface area contributed by atoms with E-state index in [2.05, 4.69) is 15.3 Å². The van der Waals surface area contributed by atoms with E-state index in [1.807, 2.05) is 47.8 Å². The molecule has 3 aromatic rings. The molecule has 3 heterocycles. The lowest BCUT2D eigenvalue weighted by Crippen LogP contribution is -2.54. The van der Waals surface area contributed by atoms with E-state index >= 15 is 0 Å². The Morgan fingerprint density at radius 3 is 2.89 bits per heavy atom. The summed E-state index contributed by atoms with van der Waals surface area (Å²) < 4.78 is 5.32. The highest BCUT2D eigenvalue weighted by Crippen LogP contribution is 2.25. The third-order valence-electron chi connectivity index (χ3n) is 4.39. The first kappa shape index (κ1) is 18.3. The molecule has 1 N–H and O–H groups in total. The molecule has 1 atom stereocenters. The number of anilines is 1. The molecule has 28 heavy (non-hydrogen) atoms. The van der Waals surface area contributed by atoms with Gasteiger partial charge in [0.2, 0.25) is 5.91 Å². The molecular weight excluding hydrogens is 376 g/mol. The molecule has 1 unspecified atom stereocenters. The Hall–Kier alpha value is -3.10. The van der Waals surface area contributed by atoms with Crippen molar-refractivity contribution in [2.24, 2.45) is 0 Å². The van der Waals surface area contributed by atoms with Gasteiger partial charge in [0.1, 0.15) is 12.6 Å². The highest BCUT2D eigenvalue weighted by atomic mass is 32.1. The Morgan fingerprint density at radius 1 is 1.25 bits per heavy atom. The molecule has 1 fully saturated rings. The number of nitrogens with zero attached hydrogens (tertiary/aromatic N) is 3. The summed E-state index contributed by atoms with van der Waals surface area (Å²) in [7, 11) is 0. The van der Waals surface area contributed by atoms with Crippen molar-refractivity contribution >= 4 is 28.3 Å². The van der Waals surface area contributed by atoms with Crippen LogP contribution in [0.4, 0.5) is 5.13 Å². The summed E-state index contributed by atoms with van der Waals surface area (Å²) in [5, 5.41) is 5.14. The zero-order valence-electron chi connectivity index (χ0n) is 14.9. The van der Waals surface area contributed by atoms with Crippen LogP contribution in [0.25, 0.3) is 11.3 Å². The molecule has 8 heteroatoms. The van der Waals surface area contributed by atoms with Crippen molar-refractivity contribution < 1.29 is 14.3 Å². The fourth-order valence-corrected chi connectivity index (χ4v) is 3.69.